The Morgan fingerprint density at radius 1 is 1.14 bits per heavy atom. The standard InChI is InChI=1S/C22H26N4O3/c1-14(15-9-7-6-8-10-15)26(21(27)29-22(2,3)4)20-16-11-17(23)19(28-5)12-18(16)24-13-25-20/h6-14H,23H2,1-5H3/t14-/m1/s1. The number of amides is 1. The molecule has 0 aliphatic carbocycles. The van der Waals surface area contributed by atoms with Crippen LogP contribution in [0.3, 0.4) is 0 Å². The number of hydrogen-bond acceptors (Lipinski definition) is 6. The molecule has 3 rings (SSSR count). The zero-order chi connectivity index (χ0) is 21.2. The fourth-order valence-corrected chi connectivity index (χ4v) is 3.08. The van der Waals surface area contributed by atoms with Crippen molar-refractivity contribution < 1.29 is 14.3 Å². The van der Waals surface area contributed by atoms with Gasteiger partial charge in [-0.3, -0.25) is 4.90 Å². The number of nitrogen functional groups attached to an aromatic ring is 1. The largest absolute Gasteiger partial charge is 0.495 e. The molecular weight excluding hydrogens is 368 g/mol. The van der Waals surface area contributed by atoms with Crippen molar-refractivity contribution in [2.24, 2.45) is 0 Å². The van der Waals surface area contributed by atoms with Gasteiger partial charge in [0.15, 0.2) is 0 Å². The van der Waals surface area contributed by atoms with E-state index >= 15 is 0 Å². The number of nitrogens with two attached hydrogens (primary N) is 1. The van der Waals surface area contributed by atoms with E-state index in [1.54, 1.807) is 19.2 Å². The van der Waals surface area contributed by atoms with E-state index in [1.165, 1.54) is 11.2 Å². The molecule has 2 N–H and O–H groups in total. The van der Waals surface area contributed by atoms with Crippen LogP contribution >= 0.6 is 0 Å². The molecule has 2 aromatic carbocycles. The maximum Gasteiger partial charge on any atom is 0.416 e. The number of ether oxygens (including phenoxy) is 2. The summed E-state index contributed by atoms with van der Waals surface area (Å²) in [6, 6.07) is 12.8. The molecule has 0 unspecified atom stereocenters. The van der Waals surface area contributed by atoms with Crippen LogP contribution in [0.4, 0.5) is 16.3 Å². The summed E-state index contributed by atoms with van der Waals surface area (Å²) in [5.41, 5.74) is 7.47. The molecule has 152 valence electrons. The van der Waals surface area contributed by atoms with Crippen molar-refractivity contribution in [3.8, 4) is 5.75 Å². The summed E-state index contributed by atoms with van der Waals surface area (Å²) >= 11 is 0. The Morgan fingerprint density at radius 2 is 1.83 bits per heavy atom. The first-order valence-corrected chi connectivity index (χ1v) is 9.36. The molecule has 1 amide bonds. The van der Waals surface area contributed by atoms with Gasteiger partial charge in [-0.2, -0.15) is 0 Å². The predicted molar refractivity (Wildman–Crippen MR) is 114 cm³/mol. The Morgan fingerprint density at radius 3 is 2.45 bits per heavy atom. The number of carbonyl (C=O) groups is 1. The molecular formula is C22H26N4O3. The first-order chi connectivity index (χ1) is 13.7. The third-order valence-electron chi connectivity index (χ3n) is 4.45. The number of rotatable bonds is 4. The average molecular weight is 394 g/mol. The van der Waals surface area contributed by atoms with Gasteiger partial charge in [0.1, 0.15) is 23.5 Å². The molecule has 0 radical (unpaired) electrons. The second kappa shape index (κ2) is 7.95. The van der Waals surface area contributed by atoms with E-state index in [2.05, 4.69) is 9.97 Å². The summed E-state index contributed by atoms with van der Waals surface area (Å²) in [7, 11) is 1.55. The lowest BCUT2D eigenvalue weighted by molar-refractivity contribution is 0.0566. The molecule has 1 heterocycles. The van der Waals surface area contributed by atoms with E-state index in [-0.39, 0.29) is 6.04 Å². The number of carbonyl (C=O) groups excluding carboxylic acids is 1. The topological polar surface area (TPSA) is 90.6 Å². The van der Waals surface area contributed by atoms with E-state index in [9.17, 15) is 4.79 Å². The molecule has 0 aliphatic rings. The van der Waals surface area contributed by atoms with Crippen molar-refractivity contribution in [3.63, 3.8) is 0 Å². The van der Waals surface area contributed by atoms with Gasteiger partial charge in [0.2, 0.25) is 0 Å². The first kappa shape index (κ1) is 20.4. The molecule has 7 heteroatoms. The number of aromatic nitrogens is 2. The van der Waals surface area contributed by atoms with Crippen molar-refractivity contribution in [1.29, 1.82) is 0 Å². The molecule has 0 bridgehead atoms. The Balaban J connectivity index is 2.18. The Hall–Kier alpha value is -3.35. The third-order valence-corrected chi connectivity index (χ3v) is 4.45. The molecule has 1 aromatic heterocycles. The summed E-state index contributed by atoms with van der Waals surface area (Å²) in [4.78, 5) is 23.5. The molecule has 3 aromatic rings. The lowest BCUT2D eigenvalue weighted by Crippen LogP contribution is -2.39. The van der Waals surface area contributed by atoms with Crippen molar-refractivity contribution >= 4 is 28.5 Å². The second-order valence-electron chi connectivity index (χ2n) is 7.75. The van der Waals surface area contributed by atoms with Crippen LogP contribution in [-0.4, -0.2) is 28.8 Å². The molecule has 0 fully saturated rings. The second-order valence-corrected chi connectivity index (χ2v) is 7.75. The minimum absolute atomic E-state index is 0.326. The smallest absolute Gasteiger partial charge is 0.416 e. The number of anilines is 2. The average Bonchev–Trinajstić information content (AvgIpc) is 2.67. The predicted octanol–water partition coefficient (Wildman–Crippen LogP) is 4.72. The summed E-state index contributed by atoms with van der Waals surface area (Å²) < 4.78 is 11.0. The fourth-order valence-electron chi connectivity index (χ4n) is 3.08. The van der Waals surface area contributed by atoms with Gasteiger partial charge < -0.3 is 15.2 Å². The fraction of sp³-hybridized carbons (Fsp3) is 0.318. The van der Waals surface area contributed by atoms with Crippen LogP contribution in [-0.2, 0) is 4.74 Å². The lowest BCUT2D eigenvalue weighted by atomic mass is 10.1. The Labute approximate surface area is 170 Å². The van der Waals surface area contributed by atoms with E-state index < -0.39 is 11.7 Å². The monoisotopic (exact) mass is 394 g/mol. The molecule has 1 atom stereocenters. The number of hydrogen-bond donors (Lipinski definition) is 1. The molecule has 7 nitrogen and oxygen atoms in total. The van der Waals surface area contributed by atoms with Gasteiger partial charge in [-0.1, -0.05) is 30.3 Å². The zero-order valence-electron chi connectivity index (χ0n) is 17.3. The van der Waals surface area contributed by atoms with Crippen LogP contribution in [0.1, 0.15) is 39.3 Å². The minimum atomic E-state index is -0.656. The van der Waals surface area contributed by atoms with Gasteiger partial charge >= 0.3 is 6.09 Å². The summed E-state index contributed by atoms with van der Waals surface area (Å²) in [5, 5.41) is 0.638. The van der Waals surface area contributed by atoms with Gasteiger partial charge in [0.25, 0.3) is 0 Å². The minimum Gasteiger partial charge on any atom is -0.495 e. The quantitative estimate of drug-likeness (QED) is 0.644. The van der Waals surface area contributed by atoms with Crippen molar-refractivity contribution in [1.82, 2.24) is 9.97 Å². The zero-order valence-corrected chi connectivity index (χ0v) is 17.3. The molecule has 0 aliphatic heterocycles. The van der Waals surface area contributed by atoms with Gasteiger partial charge in [0, 0.05) is 11.5 Å². The van der Waals surface area contributed by atoms with Gasteiger partial charge in [0.05, 0.1) is 24.4 Å². The van der Waals surface area contributed by atoms with Crippen LogP contribution in [0.2, 0.25) is 0 Å². The van der Waals surface area contributed by atoms with Gasteiger partial charge in [-0.05, 0) is 39.3 Å². The van der Waals surface area contributed by atoms with Crippen LogP contribution in [0, 0.1) is 0 Å². The van der Waals surface area contributed by atoms with E-state index in [0.29, 0.717) is 28.2 Å². The molecule has 0 saturated heterocycles. The number of fused-ring (bicyclic) bond motifs is 1. The van der Waals surface area contributed by atoms with E-state index in [4.69, 9.17) is 15.2 Å². The number of methoxy groups -OCH3 is 1. The van der Waals surface area contributed by atoms with Crippen LogP contribution in [0.25, 0.3) is 10.9 Å². The van der Waals surface area contributed by atoms with E-state index in [1.807, 2.05) is 58.0 Å². The third kappa shape index (κ3) is 4.39. The van der Waals surface area contributed by atoms with Gasteiger partial charge in [-0.15, -0.1) is 0 Å². The van der Waals surface area contributed by atoms with Gasteiger partial charge in [-0.25, -0.2) is 14.8 Å². The maximum atomic E-state index is 13.2. The van der Waals surface area contributed by atoms with Crippen molar-refractivity contribution in [2.75, 3.05) is 17.7 Å². The van der Waals surface area contributed by atoms with E-state index in [0.717, 1.165) is 5.56 Å². The SMILES string of the molecule is COc1cc2ncnc(N(C(=O)OC(C)(C)C)[C@H](C)c3ccccc3)c2cc1N. The summed E-state index contributed by atoms with van der Waals surface area (Å²) in [6.45, 7) is 7.42. The number of benzene rings is 2. The number of nitrogens with zero attached hydrogens (tertiary/aromatic N) is 3. The van der Waals surface area contributed by atoms with Crippen molar-refractivity contribution in [2.45, 2.75) is 39.3 Å². The highest BCUT2D eigenvalue weighted by Crippen LogP contribution is 2.35. The summed E-state index contributed by atoms with van der Waals surface area (Å²) in [6.07, 6.45) is 0.922. The Kier molecular flexibility index (Phi) is 5.59. The highest BCUT2D eigenvalue weighted by molar-refractivity contribution is 6.00. The summed E-state index contributed by atoms with van der Waals surface area (Å²) in [5.74, 6) is 0.942. The van der Waals surface area contributed by atoms with Crippen LogP contribution in [0.5, 0.6) is 5.75 Å². The Bertz CT molecular complexity index is 1020. The lowest BCUT2D eigenvalue weighted by Gasteiger charge is -2.31. The molecule has 29 heavy (non-hydrogen) atoms. The highest BCUT2D eigenvalue weighted by atomic mass is 16.6. The van der Waals surface area contributed by atoms with Crippen LogP contribution in [0.15, 0.2) is 48.8 Å². The highest BCUT2D eigenvalue weighted by Gasteiger charge is 2.31. The van der Waals surface area contributed by atoms with Crippen LogP contribution < -0.4 is 15.4 Å². The molecule has 0 saturated carbocycles. The molecule has 0 spiro atoms. The normalized spacial score (nSPS) is 12.4. The first-order valence-electron chi connectivity index (χ1n) is 9.36. The van der Waals surface area contributed by atoms with Crippen molar-refractivity contribution in [3.05, 3.63) is 54.4 Å². The maximum absolute atomic E-state index is 13.2.